The van der Waals surface area contributed by atoms with Crippen molar-refractivity contribution in [1.29, 1.82) is 0 Å². The highest BCUT2D eigenvalue weighted by Gasteiger charge is 2.45. The summed E-state index contributed by atoms with van der Waals surface area (Å²) in [7, 11) is -2.95. The van der Waals surface area contributed by atoms with Crippen LogP contribution in [0.25, 0.3) is 0 Å². The predicted molar refractivity (Wildman–Crippen MR) is 157 cm³/mol. The Morgan fingerprint density at radius 1 is 0.735 bits per heavy atom. The third-order valence-corrected chi connectivity index (χ3v) is 20.1. The fraction of sp³-hybridized carbons (Fsp3) is 0.630. The smallest absolute Gasteiger partial charge is 0.157 e. The van der Waals surface area contributed by atoms with Crippen molar-refractivity contribution in [3.63, 3.8) is 0 Å². The summed E-state index contributed by atoms with van der Waals surface area (Å²) in [5.74, 6) is 2.47. The number of halogens is 1. The number of fused-ring (bicyclic) bond motifs is 2. The zero-order valence-electron chi connectivity index (χ0n) is 23.3. The molecule has 0 N–H and O–H groups in total. The van der Waals surface area contributed by atoms with E-state index >= 15 is 0 Å². The molecule has 2 aliphatic rings. The molecule has 2 aliphatic heterocycles. The van der Waals surface area contributed by atoms with Crippen LogP contribution < -0.4 is 9.13 Å². The fourth-order valence-corrected chi connectivity index (χ4v) is 9.33. The van der Waals surface area contributed by atoms with Crippen LogP contribution >= 0.6 is 15.9 Å². The van der Waals surface area contributed by atoms with Crippen molar-refractivity contribution in [2.45, 2.75) is 97.6 Å². The summed E-state index contributed by atoms with van der Waals surface area (Å²) in [5, 5.41) is 0.741. The summed E-state index contributed by atoms with van der Waals surface area (Å²) in [5.41, 5.74) is 4.11. The van der Waals surface area contributed by atoms with Crippen LogP contribution in [0.2, 0.25) is 36.3 Å². The van der Waals surface area contributed by atoms with Gasteiger partial charge in [0.25, 0.3) is 0 Å². The summed E-state index contributed by atoms with van der Waals surface area (Å²) in [4.78, 5) is 9.31. The van der Waals surface area contributed by atoms with E-state index in [4.69, 9.17) is 0 Å². The van der Waals surface area contributed by atoms with E-state index in [1.165, 1.54) is 28.3 Å². The molecule has 0 saturated carbocycles. The van der Waals surface area contributed by atoms with Gasteiger partial charge in [0.1, 0.15) is 11.6 Å². The predicted octanol–water partition coefficient (Wildman–Crippen LogP) is 7.97. The second kappa shape index (κ2) is 9.36. The number of pyridine rings is 2. The van der Waals surface area contributed by atoms with E-state index < -0.39 is 16.5 Å². The molecule has 2 aromatic heterocycles. The quantitative estimate of drug-likeness (QED) is 0.348. The highest BCUT2D eigenvalue weighted by Crippen LogP contribution is 2.44. The molecule has 4 heterocycles. The third-order valence-electron chi connectivity index (χ3n) is 8.73. The summed E-state index contributed by atoms with van der Waals surface area (Å²) in [6, 6.07) is 4.52. The Labute approximate surface area is 218 Å². The number of hydrogen-bond donors (Lipinski definition) is 0. The molecule has 2 aromatic rings. The number of rotatable bonds is 2. The maximum atomic E-state index is 4.68. The Morgan fingerprint density at radius 3 is 1.59 bits per heavy atom. The van der Waals surface area contributed by atoms with Crippen molar-refractivity contribution in [3.05, 3.63) is 45.7 Å². The lowest BCUT2D eigenvalue weighted by Gasteiger charge is -2.44. The SMILES string of the molecule is CC(C)(C)[Si](C)(C)N1CCc2cc(Br)cnc21.Cc1cnc2c(c1)CCN2[Si](C)(C)C(C)(C)C. The van der Waals surface area contributed by atoms with Crippen molar-refractivity contribution in [3.8, 4) is 0 Å². The molecule has 7 heteroatoms. The van der Waals surface area contributed by atoms with Crippen LogP contribution in [0.1, 0.15) is 58.2 Å². The first-order chi connectivity index (χ1) is 15.5. The van der Waals surface area contributed by atoms with E-state index in [0.717, 1.165) is 30.4 Å². The van der Waals surface area contributed by atoms with Gasteiger partial charge in [-0.1, -0.05) is 73.8 Å². The van der Waals surface area contributed by atoms with Gasteiger partial charge in [0.2, 0.25) is 0 Å². The lowest BCUT2D eigenvalue weighted by molar-refractivity contribution is 0.706. The summed E-state index contributed by atoms with van der Waals surface area (Å²) in [6.45, 7) is 28.4. The summed E-state index contributed by atoms with van der Waals surface area (Å²) in [6.07, 6.45) is 6.22. The average molecular weight is 562 g/mol. The van der Waals surface area contributed by atoms with Gasteiger partial charge >= 0.3 is 0 Å². The Bertz CT molecular complexity index is 954. The van der Waals surface area contributed by atoms with Gasteiger partial charge in [-0.25, -0.2) is 9.97 Å². The van der Waals surface area contributed by atoms with Gasteiger partial charge in [-0.2, -0.15) is 0 Å². The Kier molecular flexibility index (Phi) is 7.54. The third kappa shape index (κ3) is 5.17. The molecule has 188 valence electrons. The van der Waals surface area contributed by atoms with Crippen LogP contribution in [0.5, 0.6) is 0 Å². The molecule has 0 saturated heterocycles. The second-order valence-corrected chi connectivity index (χ2v) is 24.3. The lowest BCUT2D eigenvalue weighted by Crippen LogP contribution is -2.54. The van der Waals surface area contributed by atoms with Gasteiger partial charge in [0, 0.05) is 30.0 Å². The minimum atomic E-state index is -1.48. The average Bonchev–Trinajstić information content (AvgIpc) is 3.30. The first-order valence-electron chi connectivity index (χ1n) is 12.6. The molecular weight excluding hydrogens is 516 g/mol. The Morgan fingerprint density at radius 2 is 1.15 bits per heavy atom. The minimum Gasteiger partial charge on any atom is -0.382 e. The molecule has 0 radical (unpaired) electrons. The van der Waals surface area contributed by atoms with Crippen molar-refractivity contribution in [2.75, 3.05) is 22.2 Å². The maximum Gasteiger partial charge on any atom is 0.157 e. The number of aromatic nitrogens is 2. The second-order valence-electron chi connectivity index (χ2n) is 13.1. The molecule has 0 unspecified atom stereocenters. The van der Waals surface area contributed by atoms with Crippen LogP contribution in [0, 0.1) is 6.92 Å². The molecular formula is C27H45BrN4Si2. The molecule has 4 rings (SSSR count). The first kappa shape index (κ1) is 27.4. The number of hydrogen-bond acceptors (Lipinski definition) is 4. The van der Waals surface area contributed by atoms with Crippen LogP contribution in [0.4, 0.5) is 11.6 Å². The fourth-order valence-electron chi connectivity index (χ4n) is 4.53. The summed E-state index contributed by atoms with van der Waals surface area (Å²) < 4.78 is 6.30. The molecule has 0 fully saturated rings. The molecule has 34 heavy (non-hydrogen) atoms. The van der Waals surface area contributed by atoms with E-state index in [-0.39, 0.29) is 0 Å². The molecule has 0 bridgehead atoms. The van der Waals surface area contributed by atoms with Crippen LogP contribution in [-0.4, -0.2) is 39.5 Å². The number of anilines is 2. The Hall–Kier alpha value is -1.19. The molecule has 0 atom stereocenters. The zero-order valence-corrected chi connectivity index (χ0v) is 26.9. The van der Waals surface area contributed by atoms with Crippen LogP contribution in [0.15, 0.2) is 29.0 Å². The van der Waals surface area contributed by atoms with Crippen LogP contribution in [0.3, 0.4) is 0 Å². The highest BCUT2D eigenvalue weighted by molar-refractivity contribution is 9.10. The standard InChI is InChI=1S/C14H24N2Si.C13H21BrN2Si/c1-11-9-12-7-8-16(13(12)15-10-11)17(5,6)14(2,3)4;1-13(2,3)17(4,5)16-7-6-10-8-11(14)9-15-12(10)16/h9-10H,7-8H2,1-6H3;8-9H,6-7H2,1-5H3. The number of nitrogens with zero attached hydrogens (tertiary/aromatic N) is 4. The van der Waals surface area contributed by atoms with Crippen molar-refractivity contribution < 1.29 is 0 Å². The van der Waals surface area contributed by atoms with Crippen molar-refractivity contribution in [2.24, 2.45) is 0 Å². The van der Waals surface area contributed by atoms with E-state index in [0.29, 0.717) is 10.1 Å². The molecule has 0 amide bonds. The van der Waals surface area contributed by atoms with Crippen molar-refractivity contribution in [1.82, 2.24) is 9.97 Å². The largest absolute Gasteiger partial charge is 0.382 e. The van der Waals surface area contributed by atoms with E-state index in [1.807, 2.05) is 12.4 Å². The zero-order chi connectivity index (χ0) is 25.7. The molecule has 0 spiro atoms. The van der Waals surface area contributed by atoms with Gasteiger partial charge < -0.3 is 9.13 Å². The summed E-state index contributed by atoms with van der Waals surface area (Å²) >= 11 is 3.51. The van der Waals surface area contributed by atoms with Gasteiger partial charge in [0.15, 0.2) is 16.5 Å². The lowest BCUT2D eigenvalue weighted by atomic mass is 10.2. The number of aryl methyl sites for hydroxylation is 1. The Balaban J connectivity index is 0.000000191. The molecule has 0 aliphatic carbocycles. The van der Waals surface area contributed by atoms with E-state index in [1.54, 1.807) is 0 Å². The van der Waals surface area contributed by atoms with Gasteiger partial charge in [-0.3, -0.25) is 0 Å². The maximum absolute atomic E-state index is 4.68. The molecule has 4 nitrogen and oxygen atoms in total. The van der Waals surface area contributed by atoms with Gasteiger partial charge in [-0.05, 0) is 68.5 Å². The topological polar surface area (TPSA) is 32.3 Å². The molecule has 0 aromatic carbocycles. The van der Waals surface area contributed by atoms with Gasteiger partial charge in [0.05, 0.1) is 0 Å². The minimum absolute atomic E-state index is 0.364. The first-order valence-corrected chi connectivity index (χ1v) is 19.3. The van der Waals surface area contributed by atoms with E-state index in [9.17, 15) is 0 Å². The van der Waals surface area contributed by atoms with Crippen LogP contribution in [-0.2, 0) is 12.8 Å². The highest BCUT2D eigenvalue weighted by atomic mass is 79.9. The normalized spacial score (nSPS) is 16.2. The van der Waals surface area contributed by atoms with Crippen molar-refractivity contribution >= 4 is 44.0 Å². The van der Waals surface area contributed by atoms with Gasteiger partial charge in [-0.15, -0.1) is 0 Å². The van der Waals surface area contributed by atoms with E-state index in [2.05, 4.69) is 122 Å². The monoisotopic (exact) mass is 560 g/mol.